The molecule has 2 rings (SSSR count). The summed E-state index contributed by atoms with van der Waals surface area (Å²) in [5.74, 6) is 0.928. The molecule has 0 aliphatic carbocycles. The number of fused-ring (bicyclic) bond motifs is 1. The Balaban J connectivity index is 2.27. The zero-order chi connectivity index (χ0) is 11.5. The fourth-order valence-corrected chi connectivity index (χ4v) is 2.10. The van der Waals surface area contributed by atoms with E-state index in [0.717, 1.165) is 35.2 Å². The van der Waals surface area contributed by atoms with Gasteiger partial charge in [-0.05, 0) is 34.5 Å². The van der Waals surface area contributed by atoms with E-state index in [0.29, 0.717) is 0 Å². The monoisotopic (exact) mass is 282 g/mol. The Bertz CT molecular complexity index is 480. The van der Waals surface area contributed by atoms with Crippen LogP contribution in [0.2, 0.25) is 0 Å². The maximum atomic E-state index is 6.01. The van der Waals surface area contributed by atoms with Crippen LogP contribution in [0.4, 0.5) is 0 Å². The van der Waals surface area contributed by atoms with Crippen LogP contribution in [0.25, 0.3) is 5.65 Å². The third-order valence-electron chi connectivity index (χ3n) is 2.54. The molecule has 0 aromatic carbocycles. The van der Waals surface area contributed by atoms with E-state index in [2.05, 4.69) is 33.1 Å². The molecule has 0 bridgehead atoms. The van der Waals surface area contributed by atoms with Gasteiger partial charge in [-0.1, -0.05) is 13.3 Å². The Labute approximate surface area is 103 Å². The highest BCUT2D eigenvalue weighted by molar-refractivity contribution is 9.10. The lowest BCUT2D eigenvalue weighted by molar-refractivity contribution is 0.582. The Kier molecular flexibility index (Phi) is 3.56. The van der Waals surface area contributed by atoms with Gasteiger partial charge in [-0.25, -0.2) is 0 Å². The quantitative estimate of drug-likeness (QED) is 0.935. The molecule has 2 aromatic heterocycles. The Morgan fingerprint density at radius 1 is 1.44 bits per heavy atom. The molecule has 0 aliphatic heterocycles. The van der Waals surface area contributed by atoms with Crippen molar-refractivity contribution < 1.29 is 0 Å². The molecule has 2 N–H and O–H groups in total. The number of aromatic nitrogens is 3. The van der Waals surface area contributed by atoms with E-state index >= 15 is 0 Å². The van der Waals surface area contributed by atoms with E-state index in [1.165, 1.54) is 0 Å². The highest BCUT2D eigenvalue weighted by Gasteiger charge is 2.09. The van der Waals surface area contributed by atoms with Crippen LogP contribution in [0.5, 0.6) is 0 Å². The molecule has 5 heteroatoms. The molecule has 0 amide bonds. The van der Waals surface area contributed by atoms with Crippen molar-refractivity contribution in [1.82, 2.24) is 14.6 Å². The number of hydrogen-bond acceptors (Lipinski definition) is 3. The first-order chi connectivity index (χ1) is 7.70. The van der Waals surface area contributed by atoms with Crippen molar-refractivity contribution in [3.8, 4) is 0 Å². The molecule has 86 valence electrons. The van der Waals surface area contributed by atoms with Gasteiger partial charge in [0, 0.05) is 23.1 Å². The second-order valence-electron chi connectivity index (χ2n) is 3.94. The van der Waals surface area contributed by atoms with Crippen LogP contribution in [0.3, 0.4) is 0 Å². The average molecular weight is 283 g/mol. The predicted octanol–water partition coefficient (Wildman–Crippen LogP) is 2.16. The summed E-state index contributed by atoms with van der Waals surface area (Å²) in [7, 11) is 0. The maximum Gasteiger partial charge on any atom is 0.160 e. The lowest BCUT2D eigenvalue weighted by Gasteiger charge is -2.08. The Hall–Kier alpha value is -0.940. The van der Waals surface area contributed by atoms with Gasteiger partial charge in [0.25, 0.3) is 0 Å². The first-order valence-corrected chi connectivity index (χ1v) is 6.24. The number of hydrogen-bond donors (Lipinski definition) is 1. The molecule has 2 heterocycles. The van der Waals surface area contributed by atoms with Gasteiger partial charge >= 0.3 is 0 Å². The molecule has 1 atom stereocenters. The van der Waals surface area contributed by atoms with E-state index in [1.807, 2.05) is 22.7 Å². The molecule has 0 saturated carbocycles. The number of nitrogens with two attached hydrogens (primary N) is 1. The molecule has 16 heavy (non-hydrogen) atoms. The number of halogens is 1. The van der Waals surface area contributed by atoms with E-state index in [-0.39, 0.29) is 6.04 Å². The van der Waals surface area contributed by atoms with Crippen LogP contribution in [0, 0.1) is 0 Å². The maximum absolute atomic E-state index is 6.01. The van der Waals surface area contributed by atoms with Crippen molar-refractivity contribution in [3.63, 3.8) is 0 Å². The summed E-state index contributed by atoms with van der Waals surface area (Å²) in [6, 6.07) is 4.06. The Morgan fingerprint density at radius 2 is 2.25 bits per heavy atom. The number of rotatable bonds is 4. The van der Waals surface area contributed by atoms with Gasteiger partial charge in [0.15, 0.2) is 5.65 Å². The van der Waals surface area contributed by atoms with Crippen molar-refractivity contribution in [1.29, 1.82) is 0 Å². The molecular weight excluding hydrogens is 268 g/mol. The van der Waals surface area contributed by atoms with E-state index in [1.54, 1.807) is 0 Å². The minimum atomic E-state index is 0.163. The SMILES string of the molecule is CCCC(N)Cc1nnc2ccc(Br)cn12. The average Bonchev–Trinajstić information content (AvgIpc) is 2.61. The van der Waals surface area contributed by atoms with Gasteiger partial charge < -0.3 is 5.73 Å². The summed E-state index contributed by atoms with van der Waals surface area (Å²) in [6.45, 7) is 2.14. The van der Waals surface area contributed by atoms with E-state index in [4.69, 9.17) is 5.73 Å². The first-order valence-electron chi connectivity index (χ1n) is 5.45. The van der Waals surface area contributed by atoms with Gasteiger partial charge in [-0.15, -0.1) is 10.2 Å². The predicted molar refractivity (Wildman–Crippen MR) is 67.3 cm³/mol. The molecular formula is C11H15BrN4. The van der Waals surface area contributed by atoms with E-state index in [9.17, 15) is 0 Å². The van der Waals surface area contributed by atoms with E-state index < -0.39 is 0 Å². The molecule has 2 aromatic rings. The molecule has 0 fully saturated rings. The lowest BCUT2D eigenvalue weighted by atomic mass is 10.1. The van der Waals surface area contributed by atoms with Crippen LogP contribution in [0.15, 0.2) is 22.8 Å². The van der Waals surface area contributed by atoms with Crippen molar-refractivity contribution in [2.45, 2.75) is 32.2 Å². The van der Waals surface area contributed by atoms with Gasteiger partial charge in [-0.3, -0.25) is 4.40 Å². The summed E-state index contributed by atoms with van der Waals surface area (Å²) in [5, 5.41) is 8.28. The van der Waals surface area contributed by atoms with Gasteiger partial charge in [0.2, 0.25) is 0 Å². The second-order valence-corrected chi connectivity index (χ2v) is 4.86. The minimum absolute atomic E-state index is 0.163. The molecule has 0 saturated heterocycles. The summed E-state index contributed by atoms with van der Waals surface area (Å²) in [5.41, 5.74) is 6.87. The third-order valence-corrected chi connectivity index (χ3v) is 3.01. The summed E-state index contributed by atoms with van der Waals surface area (Å²) < 4.78 is 3.00. The minimum Gasteiger partial charge on any atom is -0.327 e. The van der Waals surface area contributed by atoms with Crippen LogP contribution in [0.1, 0.15) is 25.6 Å². The molecule has 4 nitrogen and oxygen atoms in total. The smallest absolute Gasteiger partial charge is 0.160 e. The van der Waals surface area contributed by atoms with Crippen molar-refractivity contribution >= 4 is 21.6 Å². The zero-order valence-corrected chi connectivity index (χ0v) is 10.8. The van der Waals surface area contributed by atoms with Crippen molar-refractivity contribution in [3.05, 3.63) is 28.6 Å². The molecule has 0 spiro atoms. The van der Waals surface area contributed by atoms with Crippen molar-refractivity contribution in [2.75, 3.05) is 0 Å². The van der Waals surface area contributed by atoms with Crippen LogP contribution >= 0.6 is 15.9 Å². The number of nitrogens with zero attached hydrogens (tertiary/aromatic N) is 3. The highest BCUT2D eigenvalue weighted by atomic mass is 79.9. The highest BCUT2D eigenvalue weighted by Crippen LogP contribution is 2.13. The summed E-state index contributed by atoms with van der Waals surface area (Å²) in [4.78, 5) is 0. The van der Waals surface area contributed by atoms with Crippen molar-refractivity contribution in [2.24, 2.45) is 5.73 Å². The fourth-order valence-electron chi connectivity index (χ4n) is 1.76. The molecule has 0 radical (unpaired) electrons. The number of pyridine rings is 1. The summed E-state index contributed by atoms with van der Waals surface area (Å²) >= 11 is 3.44. The third kappa shape index (κ3) is 2.41. The lowest BCUT2D eigenvalue weighted by Crippen LogP contribution is -2.23. The topological polar surface area (TPSA) is 56.2 Å². The largest absolute Gasteiger partial charge is 0.327 e. The Morgan fingerprint density at radius 3 is 3.00 bits per heavy atom. The van der Waals surface area contributed by atoms with Crippen LogP contribution in [-0.4, -0.2) is 20.6 Å². The van der Waals surface area contributed by atoms with Gasteiger partial charge in [-0.2, -0.15) is 0 Å². The zero-order valence-electron chi connectivity index (χ0n) is 9.23. The van der Waals surface area contributed by atoms with Gasteiger partial charge in [0.05, 0.1) is 0 Å². The van der Waals surface area contributed by atoms with Crippen LogP contribution in [-0.2, 0) is 6.42 Å². The normalized spacial score (nSPS) is 13.2. The summed E-state index contributed by atoms with van der Waals surface area (Å²) in [6.07, 6.45) is 4.86. The van der Waals surface area contributed by atoms with Crippen LogP contribution < -0.4 is 5.73 Å². The first kappa shape index (κ1) is 11.5. The van der Waals surface area contributed by atoms with Gasteiger partial charge in [0.1, 0.15) is 5.82 Å². The molecule has 0 aliphatic rings. The fraction of sp³-hybridized carbons (Fsp3) is 0.455. The standard InChI is InChI=1S/C11H15BrN4/c1-2-3-9(13)6-11-15-14-10-5-4-8(12)7-16(10)11/h4-5,7,9H,2-3,6,13H2,1H3. The molecule has 1 unspecified atom stereocenters. The second kappa shape index (κ2) is 4.93.